The maximum Gasteiger partial charge on any atom is 0.343 e. The van der Waals surface area contributed by atoms with Crippen LogP contribution in [-0.4, -0.2) is 50.4 Å². The van der Waals surface area contributed by atoms with E-state index in [1.54, 1.807) is 84.9 Å². The Hall–Kier alpha value is -5.34. The summed E-state index contributed by atoms with van der Waals surface area (Å²) in [5, 5.41) is 7.86. The lowest BCUT2D eigenvalue weighted by atomic mass is 10.2. The van der Waals surface area contributed by atoms with Crippen LogP contribution in [0.5, 0.6) is 23.0 Å². The van der Waals surface area contributed by atoms with Crippen molar-refractivity contribution in [3.63, 3.8) is 0 Å². The molecule has 0 spiro atoms. The van der Waals surface area contributed by atoms with Crippen molar-refractivity contribution in [2.24, 2.45) is 10.2 Å². The number of esters is 2. The van der Waals surface area contributed by atoms with Gasteiger partial charge in [-0.15, -0.1) is 0 Å². The van der Waals surface area contributed by atoms with Gasteiger partial charge in [-0.1, -0.05) is 31.9 Å². The van der Waals surface area contributed by atoms with Crippen LogP contribution in [0.4, 0.5) is 0 Å². The molecular formula is C34H28Br2N4O8. The van der Waals surface area contributed by atoms with Crippen LogP contribution >= 0.6 is 31.9 Å². The molecule has 12 nitrogen and oxygen atoms in total. The molecule has 0 aliphatic carbocycles. The molecule has 4 aromatic carbocycles. The Morgan fingerprint density at radius 1 is 0.604 bits per heavy atom. The highest BCUT2D eigenvalue weighted by molar-refractivity contribution is 9.10. The van der Waals surface area contributed by atoms with Crippen molar-refractivity contribution in [3.8, 4) is 23.0 Å². The highest BCUT2D eigenvalue weighted by Crippen LogP contribution is 2.25. The minimum atomic E-state index is -0.585. The third-order valence-electron chi connectivity index (χ3n) is 6.37. The molecule has 0 aromatic heterocycles. The third-order valence-corrected chi connectivity index (χ3v) is 7.35. The topological polar surface area (TPSA) is 154 Å². The van der Waals surface area contributed by atoms with Crippen molar-refractivity contribution in [3.05, 3.63) is 116 Å². The second-order valence-electron chi connectivity index (χ2n) is 9.69. The predicted molar refractivity (Wildman–Crippen MR) is 185 cm³/mol. The first-order valence-corrected chi connectivity index (χ1v) is 15.7. The molecule has 48 heavy (non-hydrogen) atoms. The Morgan fingerprint density at radius 3 is 1.33 bits per heavy atom. The molecular weight excluding hydrogens is 752 g/mol. The van der Waals surface area contributed by atoms with E-state index < -0.39 is 23.8 Å². The first-order valence-electron chi connectivity index (χ1n) is 14.1. The van der Waals surface area contributed by atoms with Gasteiger partial charge in [-0.3, -0.25) is 9.59 Å². The fraction of sp³-hybridized carbons (Fsp3) is 0.118. The van der Waals surface area contributed by atoms with Crippen LogP contribution in [0, 0.1) is 0 Å². The first-order chi connectivity index (χ1) is 23.1. The van der Waals surface area contributed by atoms with Crippen molar-refractivity contribution in [1.82, 2.24) is 10.9 Å². The average Bonchev–Trinajstić information content (AvgIpc) is 3.09. The summed E-state index contributed by atoms with van der Waals surface area (Å²) in [6.45, 7) is 0. The molecule has 4 rings (SSSR count). The lowest BCUT2D eigenvalue weighted by Crippen LogP contribution is -2.23. The van der Waals surface area contributed by atoms with Crippen LogP contribution in [0.3, 0.4) is 0 Å². The lowest BCUT2D eigenvalue weighted by Gasteiger charge is -2.09. The van der Waals surface area contributed by atoms with Crippen molar-refractivity contribution >= 4 is 68.0 Å². The molecule has 0 heterocycles. The van der Waals surface area contributed by atoms with E-state index >= 15 is 0 Å². The number of rotatable bonds is 13. The number of carbonyl (C=O) groups is 4. The van der Waals surface area contributed by atoms with E-state index in [2.05, 4.69) is 52.9 Å². The molecule has 0 radical (unpaired) electrons. The molecule has 0 aliphatic rings. The quantitative estimate of drug-likeness (QED) is 0.0720. The van der Waals surface area contributed by atoms with Gasteiger partial charge in [-0.25, -0.2) is 20.4 Å². The molecule has 2 amide bonds. The number of halogens is 2. The largest absolute Gasteiger partial charge is 0.497 e. The summed E-state index contributed by atoms with van der Waals surface area (Å²) in [5.74, 6) is -0.587. The summed E-state index contributed by atoms with van der Waals surface area (Å²) >= 11 is 6.73. The predicted octanol–water partition coefficient (Wildman–Crippen LogP) is 6.05. The fourth-order valence-electron chi connectivity index (χ4n) is 3.88. The molecule has 246 valence electrons. The highest BCUT2D eigenvalue weighted by atomic mass is 79.9. The van der Waals surface area contributed by atoms with Gasteiger partial charge in [0.15, 0.2) is 0 Å². The number of benzene rings is 4. The van der Waals surface area contributed by atoms with E-state index in [4.69, 9.17) is 18.9 Å². The summed E-state index contributed by atoms with van der Waals surface area (Å²) in [5.41, 5.74) is 6.17. The van der Waals surface area contributed by atoms with Gasteiger partial charge in [0.1, 0.15) is 23.0 Å². The Balaban J connectivity index is 1.27. The van der Waals surface area contributed by atoms with Crippen LogP contribution in [0.25, 0.3) is 0 Å². The maximum atomic E-state index is 12.6. The molecule has 0 fully saturated rings. The number of hydrogen-bond donors (Lipinski definition) is 2. The van der Waals surface area contributed by atoms with Gasteiger partial charge in [0, 0.05) is 32.9 Å². The van der Waals surface area contributed by atoms with Gasteiger partial charge in [0.05, 0.1) is 37.8 Å². The van der Waals surface area contributed by atoms with Gasteiger partial charge < -0.3 is 18.9 Å². The Morgan fingerprint density at radius 2 is 0.979 bits per heavy atom. The maximum absolute atomic E-state index is 12.6. The average molecular weight is 780 g/mol. The molecule has 14 heteroatoms. The monoisotopic (exact) mass is 778 g/mol. The van der Waals surface area contributed by atoms with Crippen molar-refractivity contribution in [2.45, 2.75) is 12.8 Å². The number of nitrogens with one attached hydrogen (secondary N) is 2. The fourth-order valence-corrected chi connectivity index (χ4v) is 4.64. The van der Waals surface area contributed by atoms with Crippen LogP contribution < -0.4 is 29.8 Å². The van der Waals surface area contributed by atoms with Gasteiger partial charge in [-0.05, 0) is 84.9 Å². The van der Waals surface area contributed by atoms with E-state index in [0.29, 0.717) is 42.7 Å². The van der Waals surface area contributed by atoms with Crippen molar-refractivity contribution in [2.75, 3.05) is 14.2 Å². The van der Waals surface area contributed by atoms with E-state index in [-0.39, 0.29) is 24.3 Å². The van der Waals surface area contributed by atoms with Gasteiger partial charge in [0.25, 0.3) is 0 Å². The van der Waals surface area contributed by atoms with Crippen molar-refractivity contribution in [1.29, 1.82) is 0 Å². The number of ether oxygens (including phenoxy) is 4. The molecule has 0 bridgehead atoms. The van der Waals surface area contributed by atoms with E-state index in [9.17, 15) is 19.2 Å². The van der Waals surface area contributed by atoms with E-state index in [1.807, 2.05) is 0 Å². The summed E-state index contributed by atoms with van der Waals surface area (Å²) in [6, 6.07) is 22.8. The third kappa shape index (κ3) is 10.6. The second kappa shape index (κ2) is 17.5. The Bertz CT molecular complexity index is 1710. The standard InChI is InChI=1S/C34H28Br2N4O8/c1-45-27-9-3-21(4-10-27)33(43)47-29-13-7-25(35)17-23(29)19-37-39-31(41)15-16-32(42)40-38-20-24-18-26(36)8-14-30(24)48-34(44)22-5-11-28(46-2)12-6-22/h3-14,17-20H,15-16H2,1-2H3,(H,39,41)(H,40,42)/b37-19+,38-20?. The van der Waals surface area contributed by atoms with Crippen LogP contribution in [-0.2, 0) is 9.59 Å². The summed E-state index contributed by atoms with van der Waals surface area (Å²) < 4.78 is 22.7. The van der Waals surface area contributed by atoms with E-state index in [1.165, 1.54) is 26.6 Å². The van der Waals surface area contributed by atoms with Gasteiger partial charge in [-0.2, -0.15) is 10.2 Å². The minimum Gasteiger partial charge on any atom is -0.497 e. The van der Waals surface area contributed by atoms with Gasteiger partial charge in [0.2, 0.25) is 11.8 Å². The molecule has 4 aromatic rings. The first kappa shape index (κ1) is 35.5. The minimum absolute atomic E-state index is 0.182. The SMILES string of the molecule is COc1ccc(C(=O)Oc2ccc(Br)cc2C=NNC(=O)CCC(=O)N/N=C/c2cc(Br)ccc2OC(=O)c2ccc(OC)cc2)cc1. The Kier molecular flexibility index (Phi) is 13.0. The van der Waals surface area contributed by atoms with Gasteiger partial charge >= 0.3 is 11.9 Å². The number of hydrogen-bond acceptors (Lipinski definition) is 10. The molecule has 2 N–H and O–H groups in total. The number of methoxy groups -OCH3 is 2. The summed E-state index contributed by atoms with van der Waals surface area (Å²) in [7, 11) is 3.05. The van der Waals surface area contributed by atoms with Crippen LogP contribution in [0.1, 0.15) is 44.7 Å². The Labute approximate surface area is 292 Å². The van der Waals surface area contributed by atoms with E-state index in [0.717, 1.165) is 0 Å². The normalized spacial score (nSPS) is 10.8. The molecule has 0 unspecified atom stereocenters. The van der Waals surface area contributed by atoms with Crippen molar-refractivity contribution < 1.29 is 38.1 Å². The second-order valence-corrected chi connectivity index (χ2v) is 11.5. The smallest absolute Gasteiger partial charge is 0.343 e. The number of hydrazone groups is 2. The number of carbonyl (C=O) groups excluding carboxylic acids is 4. The number of nitrogens with zero attached hydrogens (tertiary/aromatic N) is 2. The molecule has 0 saturated heterocycles. The summed E-state index contributed by atoms with van der Waals surface area (Å²) in [6.07, 6.45) is 2.28. The molecule has 0 saturated carbocycles. The van der Waals surface area contributed by atoms with Crippen LogP contribution in [0.15, 0.2) is 104 Å². The zero-order valence-electron chi connectivity index (χ0n) is 25.6. The highest BCUT2D eigenvalue weighted by Gasteiger charge is 2.14. The zero-order valence-corrected chi connectivity index (χ0v) is 28.7. The molecule has 0 aliphatic heterocycles. The number of amides is 2. The zero-order chi connectivity index (χ0) is 34.5. The van der Waals surface area contributed by atoms with Crippen LogP contribution in [0.2, 0.25) is 0 Å². The lowest BCUT2D eigenvalue weighted by molar-refractivity contribution is -0.126. The summed E-state index contributed by atoms with van der Waals surface area (Å²) in [4.78, 5) is 49.9. The molecule has 0 atom stereocenters.